The summed E-state index contributed by atoms with van der Waals surface area (Å²) in [5.41, 5.74) is 0.426. The predicted octanol–water partition coefficient (Wildman–Crippen LogP) is 2.65. The third-order valence-electron chi connectivity index (χ3n) is 3.30. The lowest BCUT2D eigenvalue weighted by Crippen LogP contribution is -2.32. The maximum Gasteiger partial charge on any atom is 0.262 e. The van der Waals surface area contributed by atoms with E-state index in [9.17, 15) is 9.59 Å². The summed E-state index contributed by atoms with van der Waals surface area (Å²) in [6.45, 7) is 0.481. The number of nitrogens with zero attached hydrogens (tertiary/aromatic N) is 2. The maximum atomic E-state index is 12.4. The molecule has 0 N–H and O–H groups in total. The van der Waals surface area contributed by atoms with E-state index in [1.807, 2.05) is 24.3 Å². The molecule has 1 aromatic carbocycles. The summed E-state index contributed by atoms with van der Waals surface area (Å²) in [5.74, 6) is -0.410. The van der Waals surface area contributed by atoms with Gasteiger partial charge in [0.15, 0.2) is 0 Å². The van der Waals surface area contributed by atoms with Gasteiger partial charge in [0.1, 0.15) is 5.15 Å². The standard InChI is InChI=1S/C14H11ClN2O2/c15-13-10-5-2-1-4-9(10)11(8-16-13)14(19)17-7-3-6-12(17)18/h1-2,4-5,8H,3,6-7H2. The molecule has 19 heavy (non-hydrogen) atoms. The van der Waals surface area contributed by atoms with Crippen LogP contribution >= 0.6 is 11.6 Å². The highest BCUT2D eigenvalue weighted by Gasteiger charge is 2.28. The van der Waals surface area contributed by atoms with Crippen LogP contribution in [0.15, 0.2) is 30.5 Å². The van der Waals surface area contributed by atoms with Crippen LogP contribution in [0.5, 0.6) is 0 Å². The van der Waals surface area contributed by atoms with E-state index in [2.05, 4.69) is 4.98 Å². The molecule has 2 aromatic rings. The number of likely N-dealkylation sites (tertiary alicyclic amines) is 1. The minimum Gasteiger partial charge on any atom is -0.278 e. The molecule has 0 radical (unpaired) electrons. The Morgan fingerprint density at radius 2 is 2.00 bits per heavy atom. The van der Waals surface area contributed by atoms with E-state index >= 15 is 0 Å². The van der Waals surface area contributed by atoms with Crippen LogP contribution in [0, 0.1) is 0 Å². The van der Waals surface area contributed by atoms with E-state index in [-0.39, 0.29) is 11.8 Å². The Morgan fingerprint density at radius 3 is 2.68 bits per heavy atom. The number of halogens is 1. The smallest absolute Gasteiger partial charge is 0.262 e. The Kier molecular flexibility index (Phi) is 2.95. The molecule has 1 aromatic heterocycles. The molecule has 1 aliphatic rings. The molecule has 5 heteroatoms. The average molecular weight is 275 g/mol. The summed E-state index contributed by atoms with van der Waals surface area (Å²) in [4.78, 5) is 29.4. The lowest BCUT2D eigenvalue weighted by molar-refractivity contribution is -0.125. The molecular formula is C14H11ClN2O2. The maximum absolute atomic E-state index is 12.4. The Morgan fingerprint density at radius 1 is 1.26 bits per heavy atom. The van der Waals surface area contributed by atoms with Crippen molar-refractivity contribution < 1.29 is 9.59 Å². The first kappa shape index (κ1) is 12.1. The van der Waals surface area contributed by atoms with Crippen molar-refractivity contribution in [1.82, 2.24) is 9.88 Å². The van der Waals surface area contributed by atoms with Gasteiger partial charge < -0.3 is 0 Å². The number of imide groups is 1. The first-order valence-corrected chi connectivity index (χ1v) is 6.44. The Balaban J connectivity index is 2.13. The molecule has 1 fully saturated rings. The lowest BCUT2D eigenvalue weighted by Gasteiger charge is -2.14. The molecule has 1 saturated heterocycles. The number of carbonyl (C=O) groups excluding carboxylic acids is 2. The summed E-state index contributed by atoms with van der Waals surface area (Å²) < 4.78 is 0. The molecule has 1 aliphatic heterocycles. The highest BCUT2D eigenvalue weighted by atomic mass is 35.5. The van der Waals surface area contributed by atoms with Crippen LogP contribution < -0.4 is 0 Å². The summed E-state index contributed by atoms with van der Waals surface area (Å²) >= 11 is 6.02. The summed E-state index contributed by atoms with van der Waals surface area (Å²) in [7, 11) is 0. The van der Waals surface area contributed by atoms with Crippen molar-refractivity contribution in [2.75, 3.05) is 6.54 Å². The Labute approximate surface area is 115 Å². The van der Waals surface area contributed by atoms with Gasteiger partial charge in [0.25, 0.3) is 5.91 Å². The number of pyridine rings is 1. The number of rotatable bonds is 1. The topological polar surface area (TPSA) is 50.3 Å². The van der Waals surface area contributed by atoms with Gasteiger partial charge in [0, 0.05) is 24.5 Å². The first-order chi connectivity index (χ1) is 9.18. The molecule has 0 unspecified atom stereocenters. The van der Waals surface area contributed by atoms with Gasteiger partial charge in [-0.2, -0.15) is 0 Å². The number of aromatic nitrogens is 1. The number of hydrogen-bond acceptors (Lipinski definition) is 3. The molecule has 0 aliphatic carbocycles. The van der Waals surface area contributed by atoms with Crippen LogP contribution in [0.2, 0.25) is 5.15 Å². The van der Waals surface area contributed by atoms with Crippen LogP contribution in [-0.4, -0.2) is 28.2 Å². The number of hydrogen-bond donors (Lipinski definition) is 0. The summed E-state index contributed by atoms with van der Waals surface area (Å²) in [5, 5.41) is 1.81. The molecule has 2 amide bonds. The molecule has 0 saturated carbocycles. The van der Waals surface area contributed by atoms with Gasteiger partial charge in [-0.25, -0.2) is 4.98 Å². The van der Waals surface area contributed by atoms with Crippen molar-refractivity contribution in [3.8, 4) is 0 Å². The first-order valence-electron chi connectivity index (χ1n) is 6.06. The van der Waals surface area contributed by atoms with Crippen molar-refractivity contribution in [2.45, 2.75) is 12.8 Å². The zero-order chi connectivity index (χ0) is 13.4. The third-order valence-corrected chi connectivity index (χ3v) is 3.60. The second kappa shape index (κ2) is 4.63. The number of amides is 2. The van der Waals surface area contributed by atoms with Crippen LogP contribution in [0.4, 0.5) is 0 Å². The van der Waals surface area contributed by atoms with Crippen LogP contribution in [0.25, 0.3) is 10.8 Å². The van der Waals surface area contributed by atoms with E-state index in [4.69, 9.17) is 11.6 Å². The fraction of sp³-hybridized carbons (Fsp3) is 0.214. The number of fused-ring (bicyclic) bond motifs is 1. The largest absolute Gasteiger partial charge is 0.278 e. The molecular weight excluding hydrogens is 264 g/mol. The molecule has 0 bridgehead atoms. The van der Waals surface area contributed by atoms with Gasteiger partial charge in [0.2, 0.25) is 5.91 Å². The molecule has 2 heterocycles. The van der Waals surface area contributed by atoms with Gasteiger partial charge in [-0.05, 0) is 11.8 Å². The molecule has 4 nitrogen and oxygen atoms in total. The van der Waals surface area contributed by atoms with Crippen molar-refractivity contribution in [2.24, 2.45) is 0 Å². The highest BCUT2D eigenvalue weighted by Crippen LogP contribution is 2.26. The van der Waals surface area contributed by atoms with Crippen molar-refractivity contribution in [1.29, 1.82) is 0 Å². The zero-order valence-corrected chi connectivity index (χ0v) is 10.9. The van der Waals surface area contributed by atoms with E-state index in [1.165, 1.54) is 11.1 Å². The fourth-order valence-corrected chi connectivity index (χ4v) is 2.55. The van der Waals surface area contributed by atoms with Crippen molar-refractivity contribution >= 4 is 34.2 Å². The predicted molar refractivity (Wildman–Crippen MR) is 72.0 cm³/mol. The molecule has 96 valence electrons. The van der Waals surface area contributed by atoms with Crippen molar-refractivity contribution in [3.05, 3.63) is 41.2 Å². The normalized spacial score (nSPS) is 15.2. The van der Waals surface area contributed by atoms with Gasteiger partial charge in [-0.3, -0.25) is 14.5 Å². The zero-order valence-electron chi connectivity index (χ0n) is 10.1. The van der Waals surface area contributed by atoms with Crippen LogP contribution in [-0.2, 0) is 4.79 Å². The Hall–Kier alpha value is -1.94. The number of carbonyl (C=O) groups is 2. The van der Waals surface area contributed by atoms with Crippen molar-refractivity contribution in [3.63, 3.8) is 0 Å². The summed E-state index contributed by atoms with van der Waals surface area (Å²) in [6.07, 6.45) is 2.60. The molecule has 3 rings (SSSR count). The second-order valence-corrected chi connectivity index (χ2v) is 4.82. The van der Waals surface area contributed by atoms with E-state index < -0.39 is 0 Å². The minimum atomic E-state index is -0.289. The monoisotopic (exact) mass is 274 g/mol. The molecule has 0 atom stereocenters. The van der Waals surface area contributed by atoms with Crippen LogP contribution in [0.1, 0.15) is 23.2 Å². The lowest BCUT2D eigenvalue weighted by atomic mass is 10.1. The SMILES string of the molecule is O=C1CCCN1C(=O)c1cnc(Cl)c2ccccc12. The second-order valence-electron chi connectivity index (χ2n) is 4.46. The quantitative estimate of drug-likeness (QED) is 0.593. The molecule has 0 spiro atoms. The van der Waals surface area contributed by atoms with Gasteiger partial charge in [-0.15, -0.1) is 0 Å². The fourth-order valence-electron chi connectivity index (χ4n) is 2.34. The van der Waals surface area contributed by atoms with E-state index in [0.717, 1.165) is 17.2 Å². The van der Waals surface area contributed by atoms with E-state index in [1.54, 1.807) is 0 Å². The summed E-state index contributed by atoms with van der Waals surface area (Å²) in [6, 6.07) is 7.30. The van der Waals surface area contributed by atoms with Gasteiger partial charge in [-0.1, -0.05) is 35.9 Å². The average Bonchev–Trinajstić information content (AvgIpc) is 2.85. The third kappa shape index (κ3) is 1.98. The minimum absolute atomic E-state index is 0.121. The number of benzene rings is 1. The highest BCUT2D eigenvalue weighted by molar-refractivity contribution is 6.35. The van der Waals surface area contributed by atoms with Gasteiger partial charge in [0.05, 0.1) is 5.56 Å². The Bertz CT molecular complexity index is 684. The van der Waals surface area contributed by atoms with Crippen LogP contribution in [0.3, 0.4) is 0 Å². The van der Waals surface area contributed by atoms with E-state index in [0.29, 0.717) is 23.7 Å². The van der Waals surface area contributed by atoms with Gasteiger partial charge >= 0.3 is 0 Å².